The van der Waals surface area contributed by atoms with Gasteiger partial charge in [-0.1, -0.05) is 6.42 Å². The summed E-state index contributed by atoms with van der Waals surface area (Å²) in [6, 6.07) is 4.13. The van der Waals surface area contributed by atoms with Gasteiger partial charge in [0.2, 0.25) is 0 Å². The van der Waals surface area contributed by atoms with Crippen LogP contribution < -0.4 is 5.32 Å². The minimum atomic E-state index is 0.164. The Morgan fingerprint density at radius 2 is 2.12 bits per heavy atom. The van der Waals surface area contributed by atoms with E-state index < -0.39 is 0 Å². The van der Waals surface area contributed by atoms with Gasteiger partial charge in [-0.25, -0.2) is 9.97 Å². The van der Waals surface area contributed by atoms with Gasteiger partial charge in [0.1, 0.15) is 22.7 Å². The summed E-state index contributed by atoms with van der Waals surface area (Å²) >= 11 is 1.85. The summed E-state index contributed by atoms with van der Waals surface area (Å²) in [5, 5.41) is 4.81. The molecular formula is C19H24N4OS. The maximum atomic E-state index is 5.61. The number of aryl methyl sites for hydroxylation is 2. The molecule has 6 heteroatoms. The minimum absolute atomic E-state index is 0.164. The summed E-state index contributed by atoms with van der Waals surface area (Å²) < 4.78 is 5.61. The Hall–Kier alpha value is -1.92. The van der Waals surface area contributed by atoms with Crippen molar-refractivity contribution in [3.8, 4) is 0 Å². The van der Waals surface area contributed by atoms with Gasteiger partial charge in [0, 0.05) is 11.4 Å². The van der Waals surface area contributed by atoms with Gasteiger partial charge in [0.25, 0.3) is 0 Å². The van der Waals surface area contributed by atoms with E-state index in [9.17, 15) is 0 Å². The quantitative estimate of drug-likeness (QED) is 0.692. The van der Waals surface area contributed by atoms with Crippen LogP contribution in [-0.4, -0.2) is 35.5 Å². The van der Waals surface area contributed by atoms with Crippen LogP contribution in [-0.2, 0) is 12.8 Å². The lowest BCUT2D eigenvalue weighted by molar-refractivity contribution is 0.269. The number of rotatable bonds is 5. The number of likely N-dealkylation sites (N-methyl/N-ethyl adjacent to an activating group) is 1. The highest BCUT2D eigenvalue weighted by Gasteiger charge is 2.21. The van der Waals surface area contributed by atoms with Crippen molar-refractivity contribution in [2.24, 2.45) is 0 Å². The Morgan fingerprint density at radius 3 is 2.92 bits per heavy atom. The van der Waals surface area contributed by atoms with Crippen LogP contribution >= 0.6 is 11.3 Å². The van der Waals surface area contributed by atoms with Crippen LogP contribution in [0, 0.1) is 0 Å². The van der Waals surface area contributed by atoms with E-state index >= 15 is 0 Å². The summed E-state index contributed by atoms with van der Waals surface area (Å²) in [7, 11) is 4.14. The summed E-state index contributed by atoms with van der Waals surface area (Å²) in [6.45, 7) is 0.747. The molecule has 3 aromatic heterocycles. The van der Waals surface area contributed by atoms with Crippen molar-refractivity contribution in [3.05, 3.63) is 40.9 Å². The second kappa shape index (κ2) is 7.14. The van der Waals surface area contributed by atoms with E-state index in [2.05, 4.69) is 34.3 Å². The standard InChI is InChI=1S/C19H24N4OS/c1-23(2)14(15-8-6-10-24-15)11-20-18-17-13-7-4-3-5-9-16(13)25-19(17)22-12-21-18/h6,8,10,12,14H,3-5,7,9,11H2,1-2H3,(H,20,21,22)/t14-/m1/s1. The zero-order chi connectivity index (χ0) is 17.2. The molecular weight excluding hydrogens is 332 g/mol. The molecule has 1 aliphatic rings. The van der Waals surface area contributed by atoms with Gasteiger partial charge >= 0.3 is 0 Å². The van der Waals surface area contributed by atoms with Gasteiger partial charge in [0.05, 0.1) is 17.7 Å². The Morgan fingerprint density at radius 1 is 1.24 bits per heavy atom. The molecule has 0 bridgehead atoms. The van der Waals surface area contributed by atoms with Crippen molar-refractivity contribution in [1.82, 2.24) is 14.9 Å². The average Bonchev–Trinajstić information content (AvgIpc) is 3.18. The molecule has 3 aromatic rings. The van der Waals surface area contributed by atoms with E-state index in [4.69, 9.17) is 4.42 Å². The Balaban J connectivity index is 1.64. The molecule has 1 atom stereocenters. The predicted molar refractivity (Wildman–Crippen MR) is 102 cm³/mol. The van der Waals surface area contributed by atoms with Gasteiger partial charge in [-0.05, 0) is 57.5 Å². The number of thiophene rings is 1. The van der Waals surface area contributed by atoms with Crippen LogP contribution in [0.25, 0.3) is 10.2 Å². The first-order valence-electron chi connectivity index (χ1n) is 8.93. The minimum Gasteiger partial charge on any atom is -0.468 e. The molecule has 0 spiro atoms. The molecule has 3 heterocycles. The fourth-order valence-corrected chi connectivity index (χ4v) is 4.84. The third-order valence-corrected chi connectivity index (χ3v) is 6.16. The first-order chi connectivity index (χ1) is 12.2. The van der Waals surface area contributed by atoms with Crippen molar-refractivity contribution in [2.45, 2.75) is 38.1 Å². The van der Waals surface area contributed by atoms with Crippen LogP contribution in [0.1, 0.15) is 41.5 Å². The van der Waals surface area contributed by atoms with Crippen LogP contribution in [0.4, 0.5) is 5.82 Å². The SMILES string of the molecule is CN(C)[C@H](CNc1ncnc2sc3c(c12)CCCCC3)c1ccco1. The van der Waals surface area contributed by atoms with Crippen molar-refractivity contribution in [3.63, 3.8) is 0 Å². The largest absolute Gasteiger partial charge is 0.468 e. The molecule has 0 radical (unpaired) electrons. The van der Waals surface area contributed by atoms with E-state index in [0.717, 1.165) is 29.4 Å². The highest BCUT2D eigenvalue weighted by atomic mass is 32.1. The number of nitrogens with one attached hydrogen (secondary N) is 1. The van der Waals surface area contributed by atoms with Gasteiger partial charge in [-0.3, -0.25) is 4.90 Å². The fraction of sp³-hybridized carbons (Fsp3) is 0.474. The Kier molecular flexibility index (Phi) is 4.72. The normalized spacial score (nSPS) is 16.0. The van der Waals surface area contributed by atoms with Crippen molar-refractivity contribution >= 4 is 27.4 Å². The van der Waals surface area contributed by atoms with Crippen molar-refractivity contribution < 1.29 is 4.42 Å². The molecule has 0 fully saturated rings. The van der Waals surface area contributed by atoms with Crippen molar-refractivity contribution in [2.75, 3.05) is 26.0 Å². The molecule has 4 rings (SSSR count). The third kappa shape index (κ3) is 3.28. The zero-order valence-electron chi connectivity index (χ0n) is 14.8. The van der Waals surface area contributed by atoms with Gasteiger partial charge in [0.15, 0.2) is 0 Å². The maximum absolute atomic E-state index is 5.61. The molecule has 0 aromatic carbocycles. The monoisotopic (exact) mass is 356 g/mol. The first kappa shape index (κ1) is 16.5. The number of hydrogen-bond acceptors (Lipinski definition) is 6. The topological polar surface area (TPSA) is 54.2 Å². The number of anilines is 1. The van der Waals surface area contributed by atoms with E-state index in [0.29, 0.717) is 0 Å². The average molecular weight is 356 g/mol. The van der Waals surface area contributed by atoms with Crippen LogP contribution in [0.2, 0.25) is 0 Å². The lowest BCUT2D eigenvalue weighted by atomic mass is 10.1. The molecule has 1 aliphatic carbocycles. The lowest BCUT2D eigenvalue weighted by Crippen LogP contribution is -2.26. The van der Waals surface area contributed by atoms with Crippen LogP contribution in [0.3, 0.4) is 0 Å². The second-order valence-corrected chi connectivity index (χ2v) is 7.93. The van der Waals surface area contributed by atoms with Crippen LogP contribution in [0.5, 0.6) is 0 Å². The summed E-state index contributed by atoms with van der Waals surface area (Å²) in [4.78, 5) is 13.9. The van der Waals surface area contributed by atoms with E-state index in [1.165, 1.54) is 41.5 Å². The zero-order valence-corrected chi connectivity index (χ0v) is 15.6. The van der Waals surface area contributed by atoms with Crippen molar-refractivity contribution in [1.29, 1.82) is 0 Å². The predicted octanol–water partition coefficient (Wildman–Crippen LogP) is 4.27. The van der Waals surface area contributed by atoms with Gasteiger partial charge < -0.3 is 9.73 Å². The van der Waals surface area contributed by atoms with E-state index in [-0.39, 0.29) is 6.04 Å². The summed E-state index contributed by atoms with van der Waals surface area (Å²) in [5.41, 5.74) is 1.47. The molecule has 0 unspecified atom stereocenters. The first-order valence-corrected chi connectivity index (χ1v) is 9.74. The molecule has 0 aliphatic heterocycles. The molecule has 0 saturated heterocycles. The number of nitrogens with zero attached hydrogens (tertiary/aromatic N) is 3. The lowest BCUT2D eigenvalue weighted by Gasteiger charge is -2.23. The number of aromatic nitrogens is 2. The second-order valence-electron chi connectivity index (χ2n) is 6.84. The number of furan rings is 1. The van der Waals surface area contributed by atoms with E-state index in [1.54, 1.807) is 12.6 Å². The molecule has 5 nitrogen and oxygen atoms in total. The molecule has 132 valence electrons. The number of hydrogen-bond donors (Lipinski definition) is 1. The van der Waals surface area contributed by atoms with Crippen LogP contribution in [0.15, 0.2) is 29.1 Å². The fourth-order valence-electron chi connectivity index (χ4n) is 3.61. The van der Waals surface area contributed by atoms with Gasteiger partial charge in [-0.2, -0.15) is 0 Å². The number of fused-ring (bicyclic) bond motifs is 3. The maximum Gasteiger partial charge on any atom is 0.138 e. The van der Waals surface area contributed by atoms with E-state index in [1.807, 2.05) is 23.5 Å². The summed E-state index contributed by atoms with van der Waals surface area (Å²) in [5.74, 6) is 1.93. The molecule has 0 amide bonds. The Bertz CT molecular complexity index is 841. The highest BCUT2D eigenvalue weighted by molar-refractivity contribution is 7.18. The summed E-state index contributed by atoms with van der Waals surface area (Å²) in [6.07, 6.45) is 9.61. The van der Waals surface area contributed by atoms with Gasteiger partial charge in [-0.15, -0.1) is 11.3 Å². The smallest absolute Gasteiger partial charge is 0.138 e. The molecule has 0 saturated carbocycles. The Labute approximate surface area is 152 Å². The molecule has 1 N–H and O–H groups in total. The third-order valence-electron chi connectivity index (χ3n) is 4.96. The molecule has 25 heavy (non-hydrogen) atoms. The highest BCUT2D eigenvalue weighted by Crippen LogP contribution is 2.37.